The van der Waals surface area contributed by atoms with Gasteiger partial charge in [0.15, 0.2) is 11.5 Å². The number of ether oxygens (including phenoxy) is 4. The predicted molar refractivity (Wildman–Crippen MR) is 279 cm³/mol. The van der Waals surface area contributed by atoms with Crippen LogP contribution in [0.5, 0.6) is 11.5 Å². The molecule has 2 aliphatic rings. The van der Waals surface area contributed by atoms with Crippen LogP contribution in [0, 0.1) is 6.92 Å². The average Bonchev–Trinajstić information content (AvgIpc) is 4.12. The number of fused-ring (bicyclic) bond motifs is 6. The van der Waals surface area contributed by atoms with Crippen LogP contribution in [0.2, 0.25) is 0 Å². The van der Waals surface area contributed by atoms with Crippen LogP contribution in [0.25, 0.3) is 31.9 Å². The van der Waals surface area contributed by atoms with E-state index in [0.29, 0.717) is 25.8 Å². The summed E-state index contributed by atoms with van der Waals surface area (Å²) in [5, 5.41) is -0.195. The fourth-order valence-corrected chi connectivity index (χ4v) is 13.6. The van der Waals surface area contributed by atoms with E-state index in [1.54, 1.807) is 13.8 Å². The zero-order valence-corrected chi connectivity index (χ0v) is 45.7. The molecule has 0 spiro atoms. The summed E-state index contributed by atoms with van der Waals surface area (Å²) in [6.07, 6.45) is 0.337. The normalized spacial score (nSPS) is 18.1. The molecule has 0 aliphatic heterocycles. The van der Waals surface area contributed by atoms with Crippen molar-refractivity contribution in [3.05, 3.63) is 114 Å². The van der Waals surface area contributed by atoms with Crippen molar-refractivity contribution >= 4 is 68.1 Å². The summed E-state index contributed by atoms with van der Waals surface area (Å²) in [6, 6.07) is 17.4. The van der Waals surface area contributed by atoms with E-state index in [-0.39, 0.29) is 96.0 Å². The van der Waals surface area contributed by atoms with Gasteiger partial charge in [0.05, 0.1) is 26.4 Å². The van der Waals surface area contributed by atoms with Crippen molar-refractivity contribution in [1.29, 1.82) is 0 Å². The SMILES string of the molecule is CCOC(=O)CCCOc1cc2oc3c(c2cc1OCCCC(=O)OCC)C1=C(c2cc(-c4ccc(C(C)(C)C)s4)sc2C3(c2ccc(C(C)(C)C)cc2)c2sc(C(C)(C)C)cc2C)C(F)(F)C(F)(F)C1(F)F. The number of allylic oxidation sites excluding steroid dienone is 2. The maximum atomic E-state index is 17.5. The maximum absolute atomic E-state index is 17.5. The lowest BCUT2D eigenvalue weighted by Crippen LogP contribution is -2.49. The molecule has 2 aliphatic carbocycles. The van der Waals surface area contributed by atoms with Gasteiger partial charge in [-0.15, -0.1) is 34.0 Å². The van der Waals surface area contributed by atoms with Crippen LogP contribution in [0.1, 0.15) is 155 Å². The molecule has 1 unspecified atom stereocenters. The largest absolute Gasteiger partial charge is 0.490 e. The Kier molecular flexibility index (Phi) is 14.3. The fourth-order valence-electron chi connectivity index (χ4n) is 9.51. The third-order valence-electron chi connectivity index (χ3n) is 13.3. The van der Waals surface area contributed by atoms with E-state index < -0.39 is 62.8 Å². The number of thiophene rings is 3. The number of alkyl halides is 6. The molecule has 0 bridgehead atoms. The lowest BCUT2D eigenvalue weighted by molar-refractivity contribution is -0.254. The molecule has 73 heavy (non-hydrogen) atoms. The summed E-state index contributed by atoms with van der Waals surface area (Å²) in [5.74, 6) is -17.9. The third-order valence-corrected chi connectivity index (χ3v) is 18.0. The quantitative estimate of drug-likeness (QED) is 0.0575. The van der Waals surface area contributed by atoms with E-state index in [4.69, 9.17) is 23.4 Å². The van der Waals surface area contributed by atoms with Crippen LogP contribution in [0.15, 0.2) is 65.1 Å². The monoisotopic (exact) mass is 1070 g/mol. The predicted octanol–water partition coefficient (Wildman–Crippen LogP) is 16.5. The summed E-state index contributed by atoms with van der Waals surface area (Å²) in [4.78, 5) is 28.2. The highest BCUT2D eigenvalue weighted by Gasteiger charge is 2.81. The van der Waals surface area contributed by atoms with Gasteiger partial charge < -0.3 is 23.4 Å². The van der Waals surface area contributed by atoms with Gasteiger partial charge in [-0.1, -0.05) is 86.6 Å². The van der Waals surface area contributed by atoms with Gasteiger partial charge in [0.1, 0.15) is 16.8 Å². The maximum Gasteiger partial charge on any atom is 0.380 e. The van der Waals surface area contributed by atoms with Crippen LogP contribution in [-0.4, -0.2) is 56.1 Å². The zero-order chi connectivity index (χ0) is 53.4. The molecule has 2 aromatic carbocycles. The Morgan fingerprint density at radius 1 is 0.616 bits per heavy atom. The van der Waals surface area contributed by atoms with Gasteiger partial charge in [-0.2, -0.15) is 26.3 Å². The smallest absolute Gasteiger partial charge is 0.380 e. The van der Waals surface area contributed by atoms with E-state index in [0.717, 1.165) is 26.7 Å². The molecule has 1 atom stereocenters. The Labute approximate surface area is 434 Å². The molecule has 7 nitrogen and oxygen atoms in total. The Hall–Kier alpha value is -5.06. The number of furan rings is 1. The number of halogens is 6. The number of aryl methyl sites for hydroxylation is 1. The number of esters is 2. The number of rotatable bonds is 15. The number of carbonyl (C=O) groups excluding carboxylic acids is 2. The molecule has 4 heterocycles. The second-order valence-electron chi connectivity index (χ2n) is 21.8. The number of benzene rings is 2. The molecule has 0 N–H and O–H groups in total. The first-order valence-corrected chi connectivity index (χ1v) is 27.0. The minimum Gasteiger partial charge on any atom is -0.490 e. The molecular weight excluding hydrogens is 1010 g/mol. The molecule has 0 amide bonds. The van der Waals surface area contributed by atoms with Gasteiger partial charge in [-0.25, -0.2) is 0 Å². The number of hydrogen-bond acceptors (Lipinski definition) is 10. The molecule has 0 radical (unpaired) electrons. The van der Waals surface area contributed by atoms with Crippen molar-refractivity contribution in [1.82, 2.24) is 0 Å². The van der Waals surface area contributed by atoms with Gasteiger partial charge >= 0.3 is 29.7 Å². The van der Waals surface area contributed by atoms with Gasteiger partial charge in [-0.05, 0) is 96.9 Å². The fraction of sp³-hybridized carbons (Fsp3) is 0.474. The molecule has 4 aromatic heterocycles. The third kappa shape index (κ3) is 9.33. The molecule has 6 aromatic rings. The molecule has 0 fully saturated rings. The summed E-state index contributed by atoms with van der Waals surface area (Å²) in [6.45, 7) is 23.8. The molecular formula is C57H62F6O7S3. The summed E-state index contributed by atoms with van der Waals surface area (Å²) in [5.41, 5.74) is -5.00. The Morgan fingerprint density at radius 2 is 1.18 bits per heavy atom. The van der Waals surface area contributed by atoms with E-state index in [1.807, 2.05) is 112 Å². The van der Waals surface area contributed by atoms with E-state index >= 15 is 26.3 Å². The number of hydrogen-bond donors (Lipinski definition) is 0. The molecule has 0 saturated heterocycles. The van der Waals surface area contributed by atoms with E-state index in [2.05, 4.69) is 0 Å². The van der Waals surface area contributed by atoms with Crippen LogP contribution in [0.3, 0.4) is 0 Å². The van der Waals surface area contributed by atoms with Gasteiger partial charge in [0.2, 0.25) is 0 Å². The standard InChI is InChI=1S/C57H62F6O7S3/c1-13-66-43(64)17-15-25-68-37-28-34-36(30-38(37)69-26-16-18-44(65)67-14-2)70-48-45(34)47-46(55(58,59)57(62,63)56(47,60)61)35-29-40(39-23-24-41(71-39)52(7,8)9)72-50(35)54(48,33-21-19-32(20-22-33)51(4,5)6)49-31(3)27-42(73-49)53(10,11)12/h19-24,27-30H,13-18,25-26H2,1-12H3. The van der Waals surface area contributed by atoms with Crippen molar-refractivity contribution in [3.8, 4) is 21.3 Å². The summed E-state index contributed by atoms with van der Waals surface area (Å²) < 4.78 is 133. The Bertz CT molecular complexity index is 3100. The summed E-state index contributed by atoms with van der Waals surface area (Å²) >= 11 is 3.91. The number of carbonyl (C=O) groups is 2. The molecule has 16 heteroatoms. The highest BCUT2D eigenvalue weighted by Crippen LogP contribution is 2.71. The minimum atomic E-state index is -5.88. The minimum absolute atomic E-state index is 0.0106. The lowest BCUT2D eigenvalue weighted by atomic mass is 9.71. The first kappa shape index (κ1) is 54.2. The van der Waals surface area contributed by atoms with E-state index in [9.17, 15) is 9.59 Å². The van der Waals surface area contributed by atoms with Crippen LogP contribution < -0.4 is 9.47 Å². The van der Waals surface area contributed by atoms with Gasteiger partial charge in [0, 0.05) is 75.8 Å². The van der Waals surface area contributed by atoms with Crippen molar-refractivity contribution in [2.45, 2.75) is 148 Å². The van der Waals surface area contributed by atoms with Crippen LogP contribution in [0.4, 0.5) is 26.3 Å². The van der Waals surface area contributed by atoms with Crippen molar-refractivity contribution in [2.75, 3.05) is 26.4 Å². The Morgan fingerprint density at radius 3 is 1.70 bits per heavy atom. The molecule has 392 valence electrons. The average molecular weight is 1070 g/mol. The lowest BCUT2D eigenvalue weighted by Gasteiger charge is -2.35. The summed E-state index contributed by atoms with van der Waals surface area (Å²) in [7, 11) is 0. The van der Waals surface area contributed by atoms with Crippen LogP contribution >= 0.6 is 34.0 Å². The van der Waals surface area contributed by atoms with E-state index in [1.165, 1.54) is 40.9 Å². The first-order chi connectivity index (χ1) is 34.0. The van der Waals surface area contributed by atoms with Crippen molar-refractivity contribution in [3.63, 3.8) is 0 Å². The van der Waals surface area contributed by atoms with Crippen LogP contribution in [-0.2, 0) is 40.7 Å². The Balaban J connectivity index is 1.52. The second-order valence-corrected chi connectivity index (χ2v) is 25.0. The second kappa shape index (κ2) is 19.3. The molecule has 8 rings (SSSR count). The highest BCUT2D eigenvalue weighted by molar-refractivity contribution is 7.22. The topological polar surface area (TPSA) is 84.2 Å². The first-order valence-electron chi connectivity index (χ1n) is 24.6. The molecule has 0 saturated carbocycles. The highest BCUT2D eigenvalue weighted by atomic mass is 32.1. The van der Waals surface area contributed by atoms with Crippen molar-refractivity contribution < 1.29 is 59.3 Å². The van der Waals surface area contributed by atoms with Crippen molar-refractivity contribution in [2.24, 2.45) is 0 Å². The zero-order valence-electron chi connectivity index (χ0n) is 43.3. The van der Waals surface area contributed by atoms with Gasteiger partial charge in [0.25, 0.3) is 0 Å². The van der Waals surface area contributed by atoms with Gasteiger partial charge in [-0.3, -0.25) is 9.59 Å².